The number of hydrogen-bond donors (Lipinski definition) is 1. The molecule has 8 heteroatoms. The van der Waals surface area contributed by atoms with Crippen molar-refractivity contribution in [1.82, 2.24) is 19.5 Å². The van der Waals surface area contributed by atoms with Gasteiger partial charge in [0.25, 0.3) is 5.56 Å². The Morgan fingerprint density at radius 1 is 1.65 bits per heavy atom. The Labute approximate surface area is 118 Å². The maximum Gasteiger partial charge on any atom is 0.317 e. The molecule has 0 aromatic carbocycles. The van der Waals surface area contributed by atoms with Crippen molar-refractivity contribution in [2.75, 3.05) is 13.1 Å². The van der Waals surface area contributed by atoms with Crippen LogP contribution in [-0.4, -0.2) is 43.7 Å². The highest BCUT2D eigenvalue weighted by molar-refractivity contribution is 7.16. The number of rotatable bonds is 5. The highest BCUT2D eigenvalue weighted by Crippen LogP contribution is 2.13. The molecule has 2 aromatic rings. The van der Waals surface area contributed by atoms with Crippen LogP contribution in [0.3, 0.4) is 0 Å². The number of carboxylic acids is 1. The lowest BCUT2D eigenvalue weighted by molar-refractivity contribution is -0.138. The van der Waals surface area contributed by atoms with Crippen LogP contribution in [0.5, 0.6) is 0 Å². The second kappa shape index (κ2) is 5.81. The fourth-order valence-corrected chi connectivity index (χ4v) is 2.69. The first-order valence-electron chi connectivity index (χ1n) is 5.73. The van der Waals surface area contributed by atoms with E-state index < -0.39 is 5.97 Å². The predicted octanol–water partition coefficient (Wildman–Crippen LogP) is -0.0208. The van der Waals surface area contributed by atoms with E-state index in [4.69, 9.17) is 11.5 Å². The number of terminal acetylenes is 1. The van der Waals surface area contributed by atoms with Gasteiger partial charge in [-0.3, -0.25) is 14.5 Å². The Balaban J connectivity index is 2.29. The Morgan fingerprint density at radius 2 is 2.40 bits per heavy atom. The van der Waals surface area contributed by atoms with Crippen LogP contribution >= 0.6 is 11.3 Å². The Morgan fingerprint density at radius 3 is 3.05 bits per heavy atom. The van der Waals surface area contributed by atoms with Gasteiger partial charge in [-0.2, -0.15) is 9.61 Å². The van der Waals surface area contributed by atoms with E-state index in [1.54, 1.807) is 11.8 Å². The summed E-state index contributed by atoms with van der Waals surface area (Å²) < 4.78 is 1.21. The number of nitrogens with zero attached hydrogens (tertiary/aromatic N) is 4. The zero-order valence-corrected chi connectivity index (χ0v) is 11.6. The van der Waals surface area contributed by atoms with E-state index in [9.17, 15) is 9.59 Å². The van der Waals surface area contributed by atoms with E-state index in [0.717, 1.165) is 0 Å². The molecule has 0 aliphatic carbocycles. The topological polar surface area (TPSA) is 87.8 Å². The minimum atomic E-state index is -0.965. The van der Waals surface area contributed by atoms with Gasteiger partial charge >= 0.3 is 5.97 Å². The van der Waals surface area contributed by atoms with Crippen LogP contribution in [-0.2, 0) is 11.3 Å². The van der Waals surface area contributed by atoms with Gasteiger partial charge in [-0.1, -0.05) is 17.3 Å². The van der Waals surface area contributed by atoms with E-state index >= 15 is 0 Å². The van der Waals surface area contributed by atoms with Crippen molar-refractivity contribution in [3.63, 3.8) is 0 Å². The summed E-state index contributed by atoms with van der Waals surface area (Å²) in [5.74, 6) is 1.44. The maximum absolute atomic E-state index is 11.7. The van der Waals surface area contributed by atoms with Gasteiger partial charge in [0.05, 0.1) is 19.6 Å². The first kappa shape index (κ1) is 14.2. The minimum absolute atomic E-state index is 0.179. The fraction of sp³-hybridized carbons (Fsp3) is 0.333. The summed E-state index contributed by atoms with van der Waals surface area (Å²) >= 11 is 1.24. The normalized spacial score (nSPS) is 10.8. The van der Waals surface area contributed by atoms with Gasteiger partial charge < -0.3 is 5.11 Å². The van der Waals surface area contributed by atoms with Gasteiger partial charge in [0.15, 0.2) is 0 Å². The molecule has 0 aliphatic rings. The molecule has 1 N–H and O–H groups in total. The number of hydrogen-bond acceptors (Lipinski definition) is 6. The summed E-state index contributed by atoms with van der Waals surface area (Å²) in [5.41, 5.74) is 0.368. The molecule has 0 radical (unpaired) electrons. The highest BCUT2D eigenvalue weighted by atomic mass is 32.1. The number of aliphatic carboxylic acids is 1. The van der Waals surface area contributed by atoms with Crippen LogP contribution in [0.25, 0.3) is 4.96 Å². The van der Waals surface area contributed by atoms with Crippen molar-refractivity contribution >= 4 is 22.3 Å². The smallest absolute Gasteiger partial charge is 0.317 e. The number of carboxylic acid groups (broad SMARTS) is 1. The van der Waals surface area contributed by atoms with Crippen molar-refractivity contribution in [1.29, 1.82) is 0 Å². The van der Waals surface area contributed by atoms with E-state index in [1.807, 2.05) is 0 Å². The van der Waals surface area contributed by atoms with Crippen LogP contribution < -0.4 is 5.56 Å². The molecular formula is C12H12N4O3S. The number of aryl methyl sites for hydroxylation is 1. The Kier molecular flexibility index (Phi) is 4.12. The maximum atomic E-state index is 11.7. The van der Waals surface area contributed by atoms with E-state index in [2.05, 4.69) is 16.0 Å². The Bertz CT molecular complexity index is 743. The first-order chi connectivity index (χ1) is 9.49. The standard InChI is InChI=1S/C12H12N4O3S/c1-3-4-15(7-11(18)19)6-9-14-16-10(17)5-8(2)13-12(16)20-9/h1,5H,4,6-7H2,2H3,(H,18,19). The second-order valence-electron chi connectivity index (χ2n) is 4.17. The van der Waals surface area contributed by atoms with Crippen molar-refractivity contribution in [2.24, 2.45) is 0 Å². The quantitative estimate of drug-likeness (QED) is 0.779. The third kappa shape index (κ3) is 3.20. The van der Waals surface area contributed by atoms with Crippen molar-refractivity contribution in [3.8, 4) is 12.3 Å². The number of fused-ring (bicyclic) bond motifs is 1. The third-order valence-corrected chi connectivity index (χ3v) is 3.34. The lowest BCUT2D eigenvalue weighted by Gasteiger charge is -2.14. The summed E-state index contributed by atoms with van der Waals surface area (Å²) in [7, 11) is 0. The zero-order valence-electron chi connectivity index (χ0n) is 10.7. The molecule has 104 valence electrons. The molecule has 20 heavy (non-hydrogen) atoms. The average molecular weight is 292 g/mol. The van der Waals surface area contributed by atoms with Gasteiger partial charge in [-0.25, -0.2) is 4.98 Å². The molecule has 0 bridgehead atoms. The van der Waals surface area contributed by atoms with Crippen LogP contribution in [0.1, 0.15) is 10.7 Å². The van der Waals surface area contributed by atoms with Crippen LogP contribution in [0.2, 0.25) is 0 Å². The molecule has 2 heterocycles. The molecule has 0 amide bonds. The van der Waals surface area contributed by atoms with Crippen molar-refractivity contribution in [2.45, 2.75) is 13.5 Å². The average Bonchev–Trinajstić information content (AvgIpc) is 2.71. The molecular weight excluding hydrogens is 280 g/mol. The monoisotopic (exact) mass is 292 g/mol. The molecule has 0 fully saturated rings. The largest absolute Gasteiger partial charge is 0.480 e. The zero-order chi connectivity index (χ0) is 14.7. The molecule has 0 atom stereocenters. The van der Waals surface area contributed by atoms with Crippen LogP contribution in [0.4, 0.5) is 0 Å². The van der Waals surface area contributed by atoms with E-state index in [-0.39, 0.29) is 25.2 Å². The summed E-state index contributed by atoms with van der Waals surface area (Å²) in [5, 5.41) is 13.5. The minimum Gasteiger partial charge on any atom is -0.480 e. The van der Waals surface area contributed by atoms with Crippen LogP contribution in [0, 0.1) is 19.3 Å². The lowest BCUT2D eigenvalue weighted by atomic mass is 10.4. The summed E-state index contributed by atoms with van der Waals surface area (Å²) in [6, 6.07) is 1.40. The molecule has 0 saturated heterocycles. The molecule has 2 rings (SSSR count). The first-order valence-corrected chi connectivity index (χ1v) is 6.55. The second-order valence-corrected chi connectivity index (χ2v) is 5.21. The summed E-state index contributed by atoms with van der Waals surface area (Å²) in [4.78, 5) is 28.7. The SMILES string of the molecule is C#CCN(CC(=O)O)Cc1nn2c(=O)cc(C)nc2s1. The van der Waals surface area contributed by atoms with Gasteiger partial charge in [0.1, 0.15) is 5.01 Å². The third-order valence-electron chi connectivity index (χ3n) is 2.45. The Hall–Kier alpha value is -2.24. The summed E-state index contributed by atoms with van der Waals surface area (Å²) in [6.07, 6.45) is 5.21. The molecule has 2 aromatic heterocycles. The molecule has 0 unspecified atom stereocenters. The predicted molar refractivity (Wildman–Crippen MR) is 73.6 cm³/mol. The van der Waals surface area contributed by atoms with Crippen molar-refractivity contribution < 1.29 is 9.90 Å². The number of aromatic nitrogens is 3. The summed E-state index contributed by atoms with van der Waals surface area (Å²) in [6.45, 7) is 2.02. The van der Waals surface area contributed by atoms with E-state index in [1.165, 1.54) is 21.9 Å². The molecule has 0 aliphatic heterocycles. The fourth-order valence-electron chi connectivity index (χ4n) is 1.70. The van der Waals surface area contributed by atoms with Gasteiger partial charge in [0.2, 0.25) is 4.96 Å². The molecule has 0 spiro atoms. The lowest BCUT2D eigenvalue weighted by Crippen LogP contribution is -2.29. The van der Waals surface area contributed by atoms with Gasteiger partial charge in [-0.15, -0.1) is 6.42 Å². The van der Waals surface area contributed by atoms with Crippen molar-refractivity contribution in [3.05, 3.63) is 27.1 Å². The molecule has 0 saturated carbocycles. The molecule has 7 nitrogen and oxygen atoms in total. The van der Waals surface area contributed by atoms with Gasteiger partial charge in [-0.05, 0) is 6.92 Å². The van der Waals surface area contributed by atoms with Crippen LogP contribution in [0.15, 0.2) is 10.9 Å². The highest BCUT2D eigenvalue weighted by Gasteiger charge is 2.13. The number of carbonyl (C=O) groups is 1. The van der Waals surface area contributed by atoms with Gasteiger partial charge in [0, 0.05) is 11.8 Å². The van der Waals surface area contributed by atoms with E-state index in [0.29, 0.717) is 15.7 Å².